The highest BCUT2D eigenvalue weighted by Crippen LogP contribution is 2.25. The summed E-state index contributed by atoms with van der Waals surface area (Å²) in [4.78, 5) is 29.3. The van der Waals surface area contributed by atoms with Crippen LogP contribution in [0.1, 0.15) is 48.0 Å². The van der Waals surface area contributed by atoms with Crippen molar-refractivity contribution < 1.29 is 9.59 Å². The zero-order valence-electron chi connectivity index (χ0n) is 17.1. The summed E-state index contributed by atoms with van der Waals surface area (Å²) in [5.41, 5.74) is 2.13. The monoisotopic (exact) mass is 481 g/mol. The quantitative estimate of drug-likeness (QED) is 0.525. The highest BCUT2D eigenvalue weighted by Gasteiger charge is 2.21. The minimum atomic E-state index is -0.324. The summed E-state index contributed by atoms with van der Waals surface area (Å²) in [5.74, 6) is 0.00430. The Kier molecular flexibility index (Phi) is 6.76. The molecule has 0 aliphatic heterocycles. The van der Waals surface area contributed by atoms with Gasteiger partial charge in [0.05, 0.1) is 6.54 Å². The van der Waals surface area contributed by atoms with Crippen LogP contribution in [-0.4, -0.2) is 26.6 Å². The predicted octanol–water partition coefficient (Wildman–Crippen LogP) is 4.86. The van der Waals surface area contributed by atoms with Crippen LogP contribution in [0, 0.1) is 5.92 Å². The number of hydrogen-bond acceptors (Lipinski definition) is 4. The van der Waals surface area contributed by atoms with Gasteiger partial charge in [-0.25, -0.2) is 9.67 Å². The number of amides is 2. The number of nitrogens with one attached hydrogen (secondary N) is 2. The molecule has 1 saturated carbocycles. The minimum absolute atomic E-state index is 0.0330. The number of hydrogen-bond donors (Lipinski definition) is 2. The van der Waals surface area contributed by atoms with Crippen LogP contribution in [0.4, 0.5) is 11.6 Å². The first-order chi connectivity index (χ1) is 15.1. The summed E-state index contributed by atoms with van der Waals surface area (Å²) >= 11 is 3.42. The number of anilines is 2. The smallest absolute Gasteiger partial charge is 0.258 e. The van der Waals surface area contributed by atoms with E-state index in [4.69, 9.17) is 0 Å². The minimum Gasteiger partial charge on any atom is -0.326 e. The molecule has 1 aliphatic rings. The summed E-state index contributed by atoms with van der Waals surface area (Å²) < 4.78 is 2.68. The number of halogens is 1. The van der Waals surface area contributed by atoms with Crippen molar-refractivity contribution in [2.45, 2.75) is 38.6 Å². The van der Waals surface area contributed by atoms with E-state index in [0.29, 0.717) is 17.8 Å². The maximum Gasteiger partial charge on any atom is 0.258 e. The Labute approximate surface area is 189 Å². The van der Waals surface area contributed by atoms with E-state index in [1.807, 2.05) is 24.3 Å². The first kappa shape index (κ1) is 21.2. The van der Waals surface area contributed by atoms with Gasteiger partial charge in [0, 0.05) is 21.6 Å². The summed E-state index contributed by atoms with van der Waals surface area (Å²) in [5, 5.41) is 9.98. The van der Waals surface area contributed by atoms with Gasteiger partial charge in [0.1, 0.15) is 6.33 Å². The molecule has 4 rings (SSSR count). The number of rotatable bonds is 6. The maximum atomic E-state index is 12.6. The van der Waals surface area contributed by atoms with Crippen molar-refractivity contribution in [3.05, 3.63) is 70.5 Å². The molecule has 8 heteroatoms. The third kappa shape index (κ3) is 5.79. The Morgan fingerprint density at radius 1 is 1.03 bits per heavy atom. The van der Waals surface area contributed by atoms with Gasteiger partial charge in [-0.1, -0.05) is 53.4 Å². The highest BCUT2D eigenvalue weighted by atomic mass is 79.9. The van der Waals surface area contributed by atoms with Gasteiger partial charge in [-0.2, -0.15) is 0 Å². The predicted molar refractivity (Wildman–Crippen MR) is 123 cm³/mol. The molecule has 1 fully saturated rings. The van der Waals surface area contributed by atoms with Crippen molar-refractivity contribution in [2.24, 2.45) is 5.92 Å². The second kappa shape index (κ2) is 9.87. The molecule has 31 heavy (non-hydrogen) atoms. The van der Waals surface area contributed by atoms with Crippen LogP contribution in [-0.2, 0) is 11.3 Å². The SMILES string of the molecule is O=C(Nc1ncn(Cc2ccc(Br)cc2)n1)c1cccc(NC(=O)C2CCCCC2)c1. The first-order valence-corrected chi connectivity index (χ1v) is 11.2. The molecule has 0 atom stereocenters. The Hall–Kier alpha value is -3.00. The Bertz CT molecular complexity index is 1060. The van der Waals surface area contributed by atoms with Gasteiger partial charge in [0.15, 0.2) is 0 Å². The van der Waals surface area contributed by atoms with Crippen LogP contribution in [0.15, 0.2) is 59.3 Å². The third-order valence-corrected chi connectivity index (χ3v) is 5.92. The molecule has 0 spiro atoms. The number of benzene rings is 2. The van der Waals surface area contributed by atoms with Crippen LogP contribution < -0.4 is 10.6 Å². The average molecular weight is 482 g/mol. The lowest BCUT2D eigenvalue weighted by Crippen LogP contribution is -2.24. The van der Waals surface area contributed by atoms with Crippen molar-refractivity contribution in [3.63, 3.8) is 0 Å². The molecule has 1 aliphatic carbocycles. The molecule has 1 aromatic heterocycles. The van der Waals surface area contributed by atoms with Crippen molar-refractivity contribution in [1.82, 2.24) is 14.8 Å². The molecule has 0 bridgehead atoms. The Morgan fingerprint density at radius 3 is 2.58 bits per heavy atom. The van der Waals surface area contributed by atoms with Gasteiger partial charge < -0.3 is 5.32 Å². The Balaban J connectivity index is 1.36. The van der Waals surface area contributed by atoms with Crippen molar-refractivity contribution in [1.29, 1.82) is 0 Å². The summed E-state index contributed by atoms with van der Waals surface area (Å²) in [6.07, 6.45) is 6.84. The number of carbonyl (C=O) groups excluding carboxylic acids is 2. The van der Waals surface area contributed by atoms with Crippen molar-refractivity contribution in [2.75, 3.05) is 10.6 Å². The van der Waals surface area contributed by atoms with E-state index in [9.17, 15) is 9.59 Å². The largest absolute Gasteiger partial charge is 0.326 e. The fourth-order valence-corrected chi connectivity index (χ4v) is 3.99. The molecule has 0 radical (unpaired) electrons. The number of aromatic nitrogens is 3. The van der Waals surface area contributed by atoms with Crippen LogP contribution in [0.3, 0.4) is 0 Å². The third-order valence-electron chi connectivity index (χ3n) is 5.39. The zero-order chi connectivity index (χ0) is 21.6. The van der Waals surface area contributed by atoms with Gasteiger partial charge >= 0.3 is 0 Å². The maximum absolute atomic E-state index is 12.6. The Morgan fingerprint density at radius 2 is 1.81 bits per heavy atom. The molecule has 160 valence electrons. The summed E-state index contributed by atoms with van der Waals surface area (Å²) in [7, 11) is 0. The van der Waals surface area contributed by atoms with E-state index in [0.717, 1.165) is 35.7 Å². The first-order valence-electron chi connectivity index (χ1n) is 10.4. The van der Waals surface area contributed by atoms with Crippen LogP contribution in [0.5, 0.6) is 0 Å². The summed E-state index contributed by atoms with van der Waals surface area (Å²) in [6, 6.07) is 14.9. The van der Waals surface area contributed by atoms with E-state index in [1.54, 1.807) is 35.3 Å². The molecule has 1 heterocycles. The van der Waals surface area contributed by atoms with E-state index >= 15 is 0 Å². The molecular weight excluding hydrogens is 458 g/mol. The van der Waals surface area contributed by atoms with Crippen LogP contribution >= 0.6 is 15.9 Å². The lowest BCUT2D eigenvalue weighted by Gasteiger charge is -2.20. The molecule has 3 aromatic rings. The van der Waals surface area contributed by atoms with Crippen LogP contribution in [0.2, 0.25) is 0 Å². The molecule has 2 amide bonds. The molecule has 2 N–H and O–H groups in total. The highest BCUT2D eigenvalue weighted by molar-refractivity contribution is 9.10. The molecule has 0 unspecified atom stereocenters. The fraction of sp³-hybridized carbons (Fsp3) is 0.304. The lowest BCUT2D eigenvalue weighted by atomic mass is 9.88. The lowest BCUT2D eigenvalue weighted by molar-refractivity contribution is -0.120. The van der Waals surface area contributed by atoms with E-state index < -0.39 is 0 Å². The van der Waals surface area contributed by atoms with E-state index in [2.05, 4.69) is 36.6 Å². The van der Waals surface area contributed by atoms with Gasteiger partial charge in [-0.15, -0.1) is 5.10 Å². The molecule has 0 saturated heterocycles. The van der Waals surface area contributed by atoms with Gasteiger partial charge in [0.25, 0.3) is 5.91 Å². The van der Waals surface area contributed by atoms with Gasteiger partial charge in [-0.3, -0.25) is 14.9 Å². The second-order valence-electron chi connectivity index (χ2n) is 7.75. The van der Waals surface area contributed by atoms with E-state index in [-0.39, 0.29) is 23.7 Å². The molecule has 7 nitrogen and oxygen atoms in total. The van der Waals surface area contributed by atoms with Crippen molar-refractivity contribution in [3.8, 4) is 0 Å². The number of nitrogens with zero attached hydrogens (tertiary/aromatic N) is 3. The van der Waals surface area contributed by atoms with Crippen molar-refractivity contribution >= 4 is 39.4 Å². The average Bonchev–Trinajstić information content (AvgIpc) is 3.22. The van der Waals surface area contributed by atoms with Crippen LogP contribution in [0.25, 0.3) is 0 Å². The van der Waals surface area contributed by atoms with Gasteiger partial charge in [-0.05, 0) is 48.7 Å². The zero-order valence-corrected chi connectivity index (χ0v) is 18.6. The summed E-state index contributed by atoms with van der Waals surface area (Å²) in [6.45, 7) is 0.554. The van der Waals surface area contributed by atoms with E-state index in [1.165, 1.54) is 6.42 Å². The molecular formula is C23H24BrN5O2. The number of carbonyl (C=O) groups is 2. The molecule has 2 aromatic carbocycles. The standard InChI is InChI=1S/C23H24BrN5O2/c24-19-11-9-16(10-12-19)14-29-15-25-23(28-29)27-22(31)18-7-4-8-20(13-18)26-21(30)17-5-2-1-3-6-17/h4,7-13,15,17H,1-3,5-6,14H2,(H,26,30)(H,27,28,31). The fourth-order valence-electron chi connectivity index (χ4n) is 3.73. The van der Waals surface area contributed by atoms with Gasteiger partial charge in [0.2, 0.25) is 11.9 Å². The topological polar surface area (TPSA) is 88.9 Å². The normalized spacial score (nSPS) is 14.2. The second-order valence-corrected chi connectivity index (χ2v) is 8.67.